The third-order valence-electron chi connectivity index (χ3n) is 4.59. The van der Waals surface area contributed by atoms with Crippen LogP contribution in [0.3, 0.4) is 0 Å². The number of nitrogens with zero attached hydrogens (tertiary/aromatic N) is 7. The molecule has 1 aliphatic rings. The van der Waals surface area contributed by atoms with Crippen molar-refractivity contribution in [2.24, 2.45) is 5.16 Å². The largest absolute Gasteiger partial charge is 0.463 e. The van der Waals surface area contributed by atoms with Crippen LogP contribution < -0.4 is 4.84 Å². The number of H-pyrrole nitrogens is 1. The number of carbonyl (C=O) groups excluding carboxylic acids is 2. The first-order valence-corrected chi connectivity index (χ1v) is 10.2. The van der Waals surface area contributed by atoms with Crippen molar-refractivity contribution in [1.82, 2.24) is 35.2 Å². The van der Waals surface area contributed by atoms with Gasteiger partial charge in [0.2, 0.25) is 12.3 Å². The molecule has 1 saturated heterocycles. The zero-order chi connectivity index (χ0) is 23.0. The average molecular weight is 458 g/mol. The number of hydrogen-bond acceptors (Lipinski definition) is 11. The van der Waals surface area contributed by atoms with Gasteiger partial charge in [-0.3, -0.25) is 9.89 Å². The standard InChI is InChI=1S/C19H22N8O6/c1-2-30-16(28)12-32-24-17(14-5-7-21-22-14)19(29)26-8-9-31-13(10-26)11-33-27-18-15(23-25-27)4-3-6-20-18/h3-7,13H,2,8-12H2,1H3,(H,21,22)/b24-17+. The van der Waals surface area contributed by atoms with Gasteiger partial charge in [-0.25, -0.2) is 9.78 Å². The fourth-order valence-electron chi connectivity index (χ4n) is 3.08. The highest BCUT2D eigenvalue weighted by atomic mass is 16.7. The number of fused-ring (bicyclic) bond motifs is 1. The third kappa shape index (κ3) is 5.41. The van der Waals surface area contributed by atoms with Crippen LogP contribution in [0.2, 0.25) is 0 Å². The lowest BCUT2D eigenvalue weighted by Gasteiger charge is -2.32. The Bertz CT molecular complexity index is 1110. The molecule has 3 aromatic heterocycles. The molecule has 4 rings (SSSR count). The average Bonchev–Trinajstić information content (AvgIpc) is 3.51. The van der Waals surface area contributed by atoms with Gasteiger partial charge in [0.25, 0.3) is 5.91 Å². The number of pyridine rings is 1. The van der Waals surface area contributed by atoms with Gasteiger partial charge in [-0.05, 0) is 30.3 Å². The topological polar surface area (TPSA) is 159 Å². The Hall–Kier alpha value is -4.07. The van der Waals surface area contributed by atoms with E-state index in [0.29, 0.717) is 30.0 Å². The zero-order valence-electron chi connectivity index (χ0n) is 17.8. The van der Waals surface area contributed by atoms with Crippen molar-refractivity contribution < 1.29 is 28.7 Å². The first-order valence-electron chi connectivity index (χ1n) is 10.2. The maximum Gasteiger partial charge on any atom is 0.347 e. The molecule has 1 unspecified atom stereocenters. The highest BCUT2D eigenvalue weighted by Crippen LogP contribution is 2.10. The lowest BCUT2D eigenvalue weighted by Crippen LogP contribution is -2.50. The highest BCUT2D eigenvalue weighted by Gasteiger charge is 2.30. The number of morpholine rings is 1. The van der Waals surface area contributed by atoms with E-state index in [9.17, 15) is 9.59 Å². The van der Waals surface area contributed by atoms with Gasteiger partial charge in [0, 0.05) is 18.9 Å². The van der Waals surface area contributed by atoms with Crippen molar-refractivity contribution in [3.8, 4) is 0 Å². The molecule has 0 saturated carbocycles. The molecular formula is C19H22N8O6. The lowest BCUT2D eigenvalue weighted by atomic mass is 10.2. The molecule has 1 aliphatic heterocycles. The lowest BCUT2D eigenvalue weighted by molar-refractivity contribution is -0.148. The quantitative estimate of drug-likeness (QED) is 0.244. The molecule has 14 nitrogen and oxygen atoms in total. The first kappa shape index (κ1) is 22.1. The zero-order valence-corrected chi connectivity index (χ0v) is 17.8. The number of aromatic amines is 1. The van der Waals surface area contributed by atoms with E-state index in [-0.39, 0.29) is 25.5 Å². The van der Waals surface area contributed by atoms with Gasteiger partial charge in [-0.2, -0.15) is 5.10 Å². The molecule has 14 heteroatoms. The van der Waals surface area contributed by atoms with Crippen molar-refractivity contribution >= 4 is 28.8 Å². The van der Waals surface area contributed by atoms with E-state index in [0.717, 1.165) is 0 Å². The summed E-state index contributed by atoms with van der Waals surface area (Å²) < 4.78 is 10.5. The molecule has 3 aromatic rings. The predicted molar refractivity (Wildman–Crippen MR) is 111 cm³/mol. The molecule has 1 fully saturated rings. The smallest absolute Gasteiger partial charge is 0.347 e. The van der Waals surface area contributed by atoms with E-state index in [1.807, 2.05) is 0 Å². The number of hydrogen-bond donors (Lipinski definition) is 1. The van der Waals surface area contributed by atoms with Crippen LogP contribution in [0.4, 0.5) is 0 Å². The Labute approximate surface area is 187 Å². The van der Waals surface area contributed by atoms with Gasteiger partial charge in [-0.1, -0.05) is 10.0 Å². The van der Waals surface area contributed by atoms with Crippen LogP contribution in [0.1, 0.15) is 12.6 Å². The van der Waals surface area contributed by atoms with Gasteiger partial charge in [-0.15, -0.1) is 5.10 Å². The minimum atomic E-state index is -0.587. The Morgan fingerprint density at radius 3 is 3.06 bits per heavy atom. The fourth-order valence-corrected chi connectivity index (χ4v) is 3.08. The summed E-state index contributed by atoms with van der Waals surface area (Å²) in [4.78, 5) is 42.4. The monoisotopic (exact) mass is 458 g/mol. The van der Waals surface area contributed by atoms with Gasteiger partial charge in [0.15, 0.2) is 5.71 Å². The maximum absolute atomic E-state index is 13.2. The van der Waals surface area contributed by atoms with E-state index in [4.69, 9.17) is 19.1 Å². The molecule has 4 heterocycles. The van der Waals surface area contributed by atoms with Crippen LogP contribution in [-0.2, 0) is 23.9 Å². The third-order valence-corrected chi connectivity index (χ3v) is 4.59. The second-order valence-electron chi connectivity index (χ2n) is 6.84. The van der Waals surface area contributed by atoms with E-state index in [2.05, 4.69) is 30.6 Å². The summed E-state index contributed by atoms with van der Waals surface area (Å²) in [6, 6.07) is 5.10. The van der Waals surface area contributed by atoms with Gasteiger partial charge in [0.05, 0.1) is 25.5 Å². The molecule has 1 atom stereocenters. The van der Waals surface area contributed by atoms with Crippen LogP contribution in [0, 0.1) is 0 Å². The molecule has 1 amide bonds. The van der Waals surface area contributed by atoms with Crippen LogP contribution >= 0.6 is 0 Å². The van der Waals surface area contributed by atoms with E-state index >= 15 is 0 Å². The molecule has 0 aromatic carbocycles. The maximum atomic E-state index is 13.2. The normalized spacial score (nSPS) is 16.6. The van der Waals surface area contributed by atoms with Crippen LogP contribution in [0.25, 0.3) is 11.2 Å². The highest BCUT2D eigenvalue weighted by molar-refractivity contribution is 6.44. The number of rotatable bonds is 9. The summed E-state index contributed by atoms with van der Waals surface area (Å²) in [6.07, 6.45) is 2.67. The molecule has 1 N–H and O–H groups in total. The number of oxime groups is 1. The minimum Gasteiger partial charge on any atom is -0.463 e. The summed E-state index contributed by atoms with van der Waals surface area (Å²) in [7, 11) is 0. The Morgan fingerprint density at radius 1 is 1.33 bits per heavy atom. The number of carbonyl (C=O) groups is 2. The molecule has 0 aliphatic carbocycles. The van der Waals surface area contributed by atoms with E-state index in [1.54, 1.807) is 36.2 Å². The summed E-state index contributed by atoms with van der Waals surface area (Å²) in [5, 5.41) is 18.3. The summed E-state index contributed by atoms with van der Waals surface area (Å²) in [6.45, 7) is 2.48. The summed E-state index contributed by atoms with van der Waals surface area (Å²) in [5.41, 5.74) is 1.41. The molecule has 33 heavy (non-hydrogen) atoms. The van der Waals surface area contributed by atoms with Crippen molar-refractivity contribution in [3.63, 3.8) is 0 Å². The number of ether oxygens (including phenoxy) is 2. The van der Waals surface area contributed by atoms with Gasteiger partial charge >= 0.3 is 5.97 Å². The Kier molecular flexibility index (Phi) is 7.04. The van der Waals surface area contributed by atoms with Crippen LogP contribution in [0.5, 0.6) is 0 Å². The second-order valence-corrected chi connectivity index (χ2v) is 6.84. The van der Waals surface area contributed by atoms with Crippen molar-refractivity contribution in [1.29, 1.82) is 0 Å². The second kappa shape index (κ2) is 10.5. The molecular weight excluding hydrogens is 436 g/mol. The number of amides is 1. The van der Waals surface area contributed by atoms with Crippen molar-refractivity contribution in [2.75, 3.05) is 39.5 Å². The Morgan fingerprint density at radius 2 is 2.24 bits per heavy atom. The van der Waals surface area contributed by atoms with Crippen molar-refractivity contribution in [2.45, 2.75) is 13.0 Å². The summed E-state index contributed by atoms with van der Waals surface area (Å²) >= 11 is 0. The van der Waals surface area contributed by atoms with Crippen LogP contribution in [0.15, 0.2) is 35.7 Å². The van der Waals surface area contributed by atoms with E-state index < -0.39 is 24.6 Å². The minimum absolute atomic E-state index is 0.0233. The first-order chi connectivity index (χ1) is 16.2. The molecule has 0 radical (unpaired) electrons. The van der Waals surface area contributed by atoms with Crippen LogP contribution in [-0.4, -0.2) is 98.4 Å². The molecule has 174 valence electrons. The predicted octanol–water partition coefficient (Wildman–Crippen LogP) is -0.811. The van der Waals surface area contributed by atoms with Gasteiger partial charge < -0.3 is 24.0 Å². The molecule has 0 bridgehead atoms. The molecule has 0 spiro atoms. The SMILES string of the molecule is CCOC(=O)CO/N=C(/C(=O)N1CCOC(COn2nnc3cccnc32)C1)c1ccn[nH]1. The summed E-state index contributed by atoms with van der Waals surface area (Å²) in [5.74, 6) is -0.999. The number of esters is 1. The number of nitrogens with one attached hydrogen (secondary N) is 1. The van der Waals surface area contributed by atoms with Crippen molar-refractivity contribution in [3.05, 3.63) is 36.3 Å². The van der Waals surface area contributed by atoms with E-state index in [1.165, 1.54) is 11.0 Å². The number of aromatic nitrogens is 6. The fraction of sp³-hybridized carbons (Fsp3) is 0.421. The Balaban J connectivity index is 1.39. The van der Waals surface area contributed by atoms with Gasteiger partial charge in [0.1, 0.15) is 18.2 Å².